The molecule has 3 nitrogen and oxygen atoms in total. The number of nitrogens with one attached hydrogen (secondary N) is 1. The van der Waals surface area contributed by atoms with E-state index in [1.54, 1.807) is 0 Å². The first-order valence-corrected chi connectivity index (χ1v) is 8.19. The van der Waals surface area contributed by atoms with Crippen LogP contribution >= 0.6 is 0 Å². The summed E-state index contributed by atoms with van der Waals surface area (Å²) in [5.74, 6) is 1.80. The van der Waals surface area contributed by atoms with Crippen molar-refractivity contribution in [1.29, 1.82) is 0 Å². The predicted molar refractivity (Wildman–Crippen MR) is 79.0 cm³/mol. The first-order valence-electron chi connectivity index (χ1n) is 8.19. The molecule has 1 aliphatic heterocycles. The fourth-order valence-corrected chi connectivity index (χ4v) is 3.52. The molecule has 3 atom stereocenters. The van der Waals surface area contributed by atoms with Gasteiger partial charge in [-0.1, -0.05) is 39.5 Å². The molecule has 1 heterocycles. The minimum Gasteiger partial charge on any atom is -0.342 e. The summed E-state index contributed by atoms with van der Waals surface area (Å²) in [5.41, 5.74) is 0. The minimum absolute atomic E-state index is 0.312. The molecule has 2 rings (SSSR count). The molecular formula is C16H30N2O. The van der Waals surface area contributed by atoms with Gasteiger partial charge in [-0.25, -0.2) is 0 Å². The van der Waals surface area contributed by atoms with Crippen LogP contribution in [0.25, 0.3) is 0 Å². The van der Waals surface area contributed by atoms with Crippen LogP contribution in [0.4, 0.5) is 0 Å². The molecule has 0 bridgehead atoms. The molecule has 1 N–H and O–H groups in total. The van der Waals surface area contributed by atoms with Crippen LogP contribution in [0.5, 0.6) is 0 Å². The maximum Gasteiger partial charge on any atom is 0.236 e. The molecule has 3 unspecified atom stereocenters. The lowest BCUT2D eigenvalue weighted by atomic mass is 9.78. The zero-order chi connectivity index (χ0) is 13.7. The van der Waals surface area contributed by atoms with Gasteiger partial charge in [-0.05, 0) is 31.1 Å². The summed E-state index contributed by atoms with van der Waals surface area (Å²) in [7, 11) is 0. The Balaban J connectivity index is 1.76. The van der Waals surface area contributed by atoms with E-state index in [4.69, 9.17) is 0 Å². The molecule has 0 aromatic rings. The molecule has 0 aromatic carbocycles. The Hall–Kier alpha value is -0.570. The normalized spacial score (nSPS) is 32.9. The Morgan fingerprint density at radius 1 is 1.05 bits per heavy atom. The van der Waals surface area contributed by atoms with Crippen molar-refractivity contribution < 1.29 is 4.79 Å². The van der Waals surface area contributed by atoms with Gasteiger partial charge in [0.25, 0.3) is 0 Å². The number of hydrogen-bond acceptors (Lipinski definition) is 2. The van der Waals surface area contributed by atoms with E-state index in [-0.39, 0.29) is 0 Å². The number of amides is 1. The maximum atomic E-state index is 12.2. The Bertz CT molecular complexity index is 284. The second kappa shape index (κ2) is 7.28. The Labute approximate surface area is 118 Å². The third-order valence-electron chi connectivity index (χ3n) is 5.18. The van der Waals surface area contributed by atoms with E-state index in [0.29, 0.717) is 24.4 Å². The van der Waals surface area contributed by atoms with Gasteiger partial charge < -0.3 is 10.2 Å². The summed E-state index contributed by atoms with van der Waals surface area (Å²) in [4.78, 5) is 14.3. The van der Waals surface area contributed by atoms with E-state index in [2.05, 4.69) is 24.1 Å². The van der Waals surface area contributed by atoms with Gasteiger partial charge in [-0.2, -0.15) is 0 Å². The summed E-state index contributed by atoms with van der Waals surface area (Å²) in [5, 5.41) is 3.53. The van der Waals surface area contributed by atoms with Crippen molar-refractivity contribution in [3.63, 3.8) is 0 Å². The molecule has 2 aliphatic rings. The molecule has 1 amide bonds. The topological polar surface area (TPSA) is 32.3 Å². The Morgan fingerprint density at radius 3 is 2.42 bits per heavy atom. The van der Waals surface area contributed by atoms with Gasteiger partial charge in [0.15, 0.2) is 0 Å². The molecular weight excluding hydrogens is 236 g/mol. The predicted octanol–water partition coefficient (Wildman–Crippen LogP) is 2.80. The smallest absolute Gasteiger partial charge is 0.236 e. The van der Waals surface area contributed by atoms with E-state index in [9.17, 15) is 4.79 Å². The molecule has 2 fully saturated rings. The Kier molecular flexibility index (Phi) is 5.68. The standard InChI is InChI=1S/C16H30N2O/c1-13-8-7-9-15(14(13)2)17-12-16(19)18-10-5-3-4-6-11-18/h13-15,17H,3-12H2,1-2H3. The molecule has 0 aromatic heterocycles. The zero-order valence-corrected chi connectivity index (χ0v) is 12.7. The van der Waals surface area contributed by atoms with Gasteiger partial charge in [-0.15, -0.1) is 0 Å². The van der Waals surface area contributed by atoms with Crippen LogP contribution in [0.15, 0.2) is 0 Å². The van der Waals surface area contributed by atoms with E-state index in [1.165, 1.54) is 44.9 Å². The summed E-state index contributed by atoms with van der Waals surface area (Å²) >= 11 is 0. The number of nitrogens with zero attached hydrogens (tertiary/aromatic N) is 1. The van der Waals surface area contributed by atoms with E-state index < -0.39 is 0 Å². The van der Waals surface area contributed by atoms with Crippen LogP contribution in [0, 0.1) is 11.8 Å². The quantitative estimate of drug-likeness (QED) is 0.852. The zero-order valence-electron chi connectivity index (χ0n) is 12.7. The number of carbonyl (C=O) groups excluding carboxylic acids is 1. The highest BCUT2D eigenvalue weighted by Crippen LogP contribution is 2.29. The average Bonchev–Trinajstić information content (AvgIpc) is 2.69. The van der Waals surface area contributed by atoms with Crippen molar-refractivity contribution in [3.05, 3.63) is 0 Å². The van der Waals surface area contributed by atoms with Crippen molar-refractivity contribution in [2.45, 2.75) is 64.8 Å². The van der Waals surface area contributed by atoms with Gasteiger partial charge in [0.2, 0.25) is 5.91 Å². The van der Waals surface area contributed by atoms with E-state index >= 15 is 0 Å². The number of carbonyl (C=O) groups is 1. The third-order valence-corrected chi connectivity index (χ3v) is 5.18. The monoisotopic (exact) mass is 266 g/mol. The second-order valence-corrected chi connectivity index (χ2v) is 6.55. The van der Waals surface area contributed by atoms with Crippen molar-refractivity contribution >= 4 is 5.91 Å². The van der Waals surface area contributed by atoms with Crippen molar-refractivity contribution in [2.24, 2.45) is 11.8 Å². The van der Waals surface area contributed by atoms with Gasteiger partial charge in [0.05, 0.1) is 6.54 Å². The minimum atomic E-state index is 0.312. The Morgan fingerprint density at radius 2 is 1.74 bits per heavy atom. The van der Waals surface area contributed by atoms with E-state index in [1.807, 2.05) is 0 Å². The molecule has 1 saturated heterocycles. The van der Waals surface area contributed by atoms with Crippen LogP contribution in [0.1, 0.15) is 58.8 Å². The van der Waals surface area contributed by atoms with Crippen LogP contribution in [-0.4, -0.2) is 36.5 Å². The molecule has 1 aliphatic carbocycles. The fraction of sp³-hybridized carbons (Fsp3) is 0.938. The van der Waals surface area contributed by atoms with Gasteiger partial charge >= 0.3 is 0 Å². The summed E-state index contributed by atoms with van der Waals surface area (Å²) < 4.78 is 0. The lowest BCUT2D eigenvalue weighted by molar-refractivity contribution is -0.130. The van der Waals surface area contributed by atoms with Gasteiger partial charge in [-0.3, -0.25) is 4.79 Å². The van der Waals surface area contributed by atoms with Crippen LogP contribution in [0.3, 0.4) is 0 Å². The number of likely N-dealkylation sites (tertiary alicyclic amines) is 1. The molecule has 110 valence electrons. The first-order chi connectivity index (χ1) is 9.18. The summed E-state index contributed by atoms with van der Waals surface area (Å²) in [6.45, 7) is 7.16. The van der Waals surface area contributed by atoms with Gasteiger partial charge in [0, 0.05) is 19.1 Å². The highest BCUT2D eigenvalue weighted by Gasteiger charge is 2.27. The molecule has 1 saturated carbocycles. The fourth-order valence-electron chi connectivity index (χ4n) is 3.52. The first kappa shape index (κ1) is 14.8. The van der Waals surface area contributed by atoms with Gasteiger partial charge in [0.1, 0.15) is 0 Å². The van der Waals surface area contributed by atoms with Crippen LogP contribution < -0.4 is 5.32 Å². The lowest BCUT2D eigenvalue weighted by Crippen LogP contribution is -2.46. The lowest BCUT2D eigenvalue weighted by Gasteiger charge is -2.35. The largest absolute Gasteiger partial charge is 0.342 e. The molecule has 0 spiro atoms. The molecule has 0 radical (unpaired) electrons. The number of hydrogen-bond donors (Lipinski definition) is 1. The second-order valence-electron chi connectivity index (χ2n) is 6.55. The van der Waals surface area contributed by atoms with Crippen molar-refractivity contribution in [2.75, 3.05) is 19.6 Å². The highest BCUT2D eigenvalue weighted by molar-refractivity contribution is 5.78. The number of rotatable bonds is 3. The van der Waals surface area contributed by atoms with Crippen molar-refractivity contribution in [1.82, 2.24) is 10.2 Å². The van der Waals surface area contributed by atoms with Crippen LogP contribution in [-0.2, 0) is 4.79 Å². The maximum absolute atomic E-state index is 12.2. The van der Waals surface area contributed by atoms with E-state index in [0.717, 1.165) is 19.0 Å². The molecule has 3 heteroatoms. The molecule has 19 heavy (non-hydrogen) atoms. The summed E-state index contributed by atoms with van der Waals surface area (Å²) in [6, 6.07) is 0.541. The highest BCUT2D eigenvalue weighted by atomic mass is 16.2. The van der Waals surface area contributed by atoms with Crippen LogP contribution in [0.2, 0.25) is 0 Å². The third kappa shape index (κ3) is 4.20. The average molecular weight is 266 g/mol. The SMILES string of the molecule is CC1CCCC(NCC(=O)N2CCCCCC2)C1C. The summed E-state index contributed by atoms with van der Waals surface area (Å²) in [6.07, 6.45) is 8.83. The van der Waals surface area contributed by atoms with Crippen molar-refractivity contribution in [3.8, 4) is 0 Å².